The van der Waals surface area contributed by atoms with Crippen molar-refractivity contribution < 1.29 is 19.4 Å². The van der Waals surface area contributed by atoms with Crippen molar-refractivity contribution in [1.82, 2.24) is 15.0 Å². The molecule has 2 aromatic rings. The van der Waals surface area contributed by atoms with Crippen LogP contribution in [0, 0.1) is 0 Å². The smallest absolute Gasteiger partial charge is 0.303 e. The average Bonchev–Trinajstić information content (AvgIpc) is 2.48. The van der Waals surface area contributed by atoms with E-state index in [4.69, 9.17) is 10.00 Å². The highest BCUT2D eigenvalue weighted by molar-refractivity contribution is 7.47. The fourth-order valence-electron chi connectivity index (χ4n) is 1.39. The Morgan fingerprint density at radius 3 is 2.10 bits per heavy atom. The number of nitrogens with zero attached hydrogens (tertiary/aromatic N) is 3. The second kappa shape index (κ2) is 8.90. The van der Waals surface area contributed by atoms with Crippen LogP contribution in [-0.4, -0.2) is 30.9 Å². The highest BCUT2D eigenvalue weighted by Crippen LogP contribution is 2.16. The predicted octanol–water partition coefficient (Wildman–Crippen LogP) is 0.668. The van der Waals surface area contributed by atoms with Gasteiger partial charge in [-0.1, -0.05) is 18.2 Å². The molecule has 1 atom stereocenters. The van der Waals surface area contributed by atoms with E-state index in [0.29, 0.717) is 17.3 Å². The summed E-state index contributed by atoms with van der Waals surface area (Å²) in [6.07, 6.45) is 4.58. The van der Waals surface area contributed by atoms with Crippen molar-refractivity contribution >= 4 is 19.3 Å². The maximum absolute atomic E-state index is 10.9. The number of hydrogen-bond donors (Lipinski definition) is 2. The summed E-state index contributed by atoms with van der Waals surface area (Å²) < 4.78 is 10.9. The Kier molecular flexibility index (Phi) is 7.10. The molecule has 0 saturated carbocycles. The van der Waals surface area contributed by atoms with Crippen LogP contribution < -0.4 is 5.30 Å². The number of carboxylic acid groups (broad SMARTS) is 1. The number of benzene rings is 1. The predicted molar refractivity (Wildman–Crippen MR) is 73.1 cm³/mol. The van der Waals surface area contributed by atoms with Gasteiger partial charge in [-0.25, -0.2) is 15.0 Å². The molecule has 20 heavy (non-hydrogen) atoms. The summed E-state index contributed by atoms with van der Waals surface area (Å²) in [4.78, 5) is 30.0. The van der Waals surface area contributed by atoms with Gasteiger partial charge < -0.3 is 10.00 Å². The van der Waals surface area contributed by atoms with Gasteiger partial charge in [0.2, 0.25) is 8.03 Å². The minimum absolute atomic E-state index is 0.0217. The molecule has 1 unspecified atom stereocenters. The molecule has 0 aliphatic rings. The van der Waals surface area contributed by atoms with Crippen LogP contribution in [0.15, 0.2) is 43.2 Å². The highest BCUT2D eigenvalue weighted by Gasteiger charge is 2.07. The average molecular weight is 295 g/mol. The highest BCUT2D eigenvalue weighted by atomic mass is 31.1. The standard InChI is InChI=1S/C9H11O4P.C3H3N3/c10-9(11)6-5-7-3-1-2-4-8(7)14(12)13;1-4-2-6-3-5-1/h1-4,14H,5-6H2,(H,10,11)(H,12,13);1-3H. The van der Waals surface area contributed by atoms with Gasteiger partial charge in [-0.15, -0.1) is 0 Å². The van der Waals surface area contributed by atoms with E-state index in [1.807, 2.05) is 0 Å². The number of aliphatic carboxylic acids is 1. The van der Waals surface area contributed by atoms with E-state index >= 15 is 0 Å². The van der Waals surface area contributed by atoms with Crippen molar-refractivity contribution in [3.05, 3.63) is 48.8 Å². The van der Waals surface area contributed by atoms with Crippen LogP contribution in [0.4, 0.5) is 0 Å². The molecule has 1 aromatic carbocycles. The molecule has 0 saturated heterocycles. The fraction of sp³-hybridized carbons (Fsp3) is 0.167. The number of rotatable bonds is 4. The first-order chi connectivity index (χ1) is 9.61. The van der Waals surface area contributed by atoms with Crippen LogP contribution in [0.25, 0.3) is 0 Å². The zero-order valence-electron chi connectivity index (χ0n) is 10.5. The summed E-state index contributed by atoms with van der Waals surface area (Å²) in [5, 5.41) is 8.83. The Morgan fingerprint density at radius 2 is 1.65 bits per heavy atom. The van der Waals surface area contributed by atoms with E-state index in [1.165, 1.54) is 19.0 Å². The van der Waals surface area contributed by atoms with Crippen molar-refractivity contribution in [2.75, 3.05) is 0 Å². The molecule has 0 fully saturated rings. The van der Waals surface area contributed by atoms with Gasteiger partial charge in [-0.2, -0.15) is 0 Å². The van der Waals surface area contributed by atoms with Gasteiger partial charge in [-0.05, 0) is 18.1 Å². The molecule has 0 amide bonds. The summed E-state index contributed by atoms with van der Waals surface area (Å²) in [5.41, 5.74) is 0.640. The van der Waals surface area contributed by atoms with E-state index in [1.54, 1.807) is 24.3 Å². The first-order valence-corrected chi connectivity index (χ1v) is 7.04. The Balaban J connectivity index is 0.000000276. The number of carbonyl (C=O) groups is 1. The molecule has 7 nitrogen and oxygen atoms in total. The van der Waals surface area contributed by atoms with Crippen LogP contribution in [-0.2, 0) is 15.8 Å². The summed E-state index contributed by atoms with van der Waals surface area (Å²) in [7, 11) is -2.73. The van der Waals surface area contributed by atoms with E-state index in [9.17, 15) is 9.36 Å². The van der Waals surface area contributed by atoms with Gasteiger partial charge in [0.25, 0.3) is 0 Å². The lowest BCUT2D eigenvalue weighted by molar-refractivity contribution is -0.136. The Labute approximate surface area is 116 Å². The molecular formula is C12H14N3O4P. The molecule has 8 heteroatoms. The summed E-state index contributed by atoms with van der Waals surface area (Å²) in [5.74, 6) is -0.905. The Hall–Kier alpha value is -2.11. The lowest BCUT2D eigenvalue weighted by atomic mass is 10.1. The maximum atomic E-state index is 10.9. The van der Waals surface area contributed by atoms with Crippen molar-refractivity contribution in [2.24, 2.45) is 0 Å². The van der Waals surface area contributed by atoms with E-state index < -0.39 is 14.0 Å². The molecular weight excluding hydrogens is 281 g/mol. The van der Waals surface area contributed by atoms with Crippen molar-refractivity contribution in [3.63, 3.8) is 0 Å². The molecule has 2 rings (SSSR count). The van der Waals surface area contributed by atoms with Crippen molar-refractivity contribution in [3.8, 4) is 0 Å². The first-order valence-electron chi connectivity index (χ1n) is 5.69. The van der Waals surface area contributed by atoms with Crippen LogP contribution in [0.5, 0.6) is 0 Å². The topological polar surface area (TPSA) is 113 Å². The molecule has 0 aliphatic carbocycles. The molecule has 1 heterocycles. The number of carboxylic acids is 1. The van der Waals surface area contributed by atoms with Gasteiger partial charge in [0.1, 0.15) is 19.0 Å². The van der Waals surface area contributed by atoms with Gasteiger partial charge in [0, 0.05) is 11.7 Å². The van der Waals surface area contributed by atoms with Gasteiger partial charge in [-0.3, -0.25) is 9.36 Å². The lowest BCUT2D eigenvalue weighted by Gasteiger charge is -2.04. The van der Waals surface area contributed by atoms with Crippen LogP contribution in [0.3, 0.4) is 0 Å². The summed E-state index contributed by atoms with van der Waals surface area (Å²) in [6.45, 7) is 0. The third-order valence-corrected chi connectivity index (χ3v) is 3.20. The SMILES string of the molecule is O=C(O)CCc1ccccc1[PH](=O)O.c1ncncn1. The third-order valence-electron chi connectivity index (χ3n) is 2.26. The second-order valence-corrected chi connectivity index (χ2v) is 4.80. The van der Waals surface area contributed by atoms with E-state index in [2.05, 4.69) is 15.0 Å². The Bertz CT molecular complexity index is 539. The molecule has 0 spiro atoms. The summed E-state index contributed by atoms with van der Waals surface area (Å²) >= 11 is 0. The van der Waals surface area contributed by atoms with Crippen molar-refractivity contribution in [2.45, 2.75) is 12.8 Å². The minimum atomic E-state index is -2.73. The van der Waals surface area contributed by atoms with E-state index in [0.717, 1.165) is 0 Å². The van der Waals surface area contributed by atoms with Crippen LogP contribution >= 0.6 is 8.03 Å². The van der Waals surface area contributed by atoms with E-state index in [-0.39, 0.29) is 6.42 Å². The van der Waals surface area contributed by atoms with Crippen molar-refractivity contribution in [1.29, 1.82) is 0 Å². The van der Waals surface area contributed by atoms with Crippen LogP contribution in [0.1, 0.15) is 12.0 Å². The number of hydrogen-bond acceptors (Lipinski definition) is 5. The fourth-order valence-corrected chi connectivity index (χ4v) is 2.12. The van der Waals surface area contributed by atoms with Crippen LogP contribution in [0.2, 0.25) is 0 Å². The third kappa shape index (κ3) is 6.17. The zero-order valence-corrected chi connectivity index (χ0v) is 11.5. The molecule has 0 radical (unpaired) electrons. The molecule has 106 valence electrons. The quantitative estimate of drug-likeness (QED) is 0.797. The summed E-state index contributed by atoms with van der Waals surface area (Å²) in [6, 6.07) is 6.62. The number of aromatic nitrogens is 3. The largest absolute Gasteiger partial charge is 0.481 e. The maximum Gasteiger partial charge on any atom is 0.303 e. The monoisotopic (exact) mass is 295 g/mol. The molecule has 0 bridgehead atoms. The lowest BCUT2D eigenvalue weighted by Crippen LogP contribution is -2.07. The molecule has 2 N–H and O–H groups in total. The normalized spacial score (nSPS) is 11.1. The molecule has 1 aromatic heterocycles. The Morgan fingerprint density at radius 1 is 1.10 bits per heavy atom. The zero-order chi connectivity index (χ0) is 14.8. The minimum Gasteiger partial charge on any atom is -0.481 e. The van der Waals surface area contributed by atoms with Gasteiger partial charge >= 0.3 is 5.97 Å². The first kappa shape index (κ1) is 15.9. The van der Waals surface area contributed by atoms with Gasteiger partial charge in [0.05, 0.1) is 0 Å². The number of aryl methyl sites for hydroxylation is 1. The second-order valence-electron chi connectivity index (χ2n) is 3.65. The molecule has 0 aliphatic heterocycles. The van der Waals surface area contributed by atoms with Gasteiger partial charge in [0.15, 0.2) is 0 Å².